The van der Waals surface area contributed by atoms with E-state index in [0.29, 0.717) is 6.54 Å². The van der Waals surface area contributed by atoms with E-state index >= 15 is 0 Å². The summed E-state index contributed by atoms with van der Waals surface area (Å²) in [7, 11) is 1.65. The molecule has 0 aromatic carbocycles. The minimum atomic E-state index is 0.129. The van der Waals surface area contributed by atoms with Gasteiger partial charge in [-0.15, -0.1) is 0 Å². The summed E-state index contributed by atoms with van der Waals surface area (Å²) in [6, 6.07) is 4.20. The first kappa shape index (κ1) is 17.7. The maximum absolute atomic E-state index is 11.9. The third-order valence-electron chi connectivity index (χ3n) is 4.27. The van der Waals surface area contributed by atoms with Crippen LogP contribution in [0.4, 0.5) is 0 Å². The second-order valence-electron chi connectivity index (χ2n) is 6.12. The third kappa shape index (κ3) is 5.80. The molecule has 0 radical (unpaired) electrons. The molecule has 0 aliphatic carbocycles. The zero-order valence-corrected chi connectivity index (χ0v) is 14.4. The highest BCUT2D eigenvalue weighted by molar-refractivity contribution is 5.78. The molecule has 23 heavy (non-hydrogen) atoms. The number of hydrogen-bond donors (Lipinski definition) is 1. The van der Waals surface area contributed by atoms with Gasteiger partial charge in [-0.05, 0) is 25.5 Å². The molecule has 1 atom stereocenters. The third-order valence-corrected chi connectivity index (χ3v) is 4.27. The van der Waals surface area contributed by atoms with E-state index in [0.717, 1.165) is 50.6 Å². The lowest BCUT2D eigenvalue weighted by atomic mass is 10.2. The molecule has 1 aromatic rings. The van der Waals surface area contributed by atoms with Gasteiger partial charge >= 0.3 is 0 Å². The molecule has 0 spiro atoms. The van der Waals surface area contributed by atoms with Crippen molar-refractivity contribution in [1.82, 2.24) is 20.1 Å². The number of carbonyl (C=O) groups is 1. The van der Waals surface area contributed by atoms with Crippen molar-refractivity contribution in [2.75, 3.05) is 39.8 Å². The van der Waals surface area contributed by atoms with Gasteiger partial charge in [0.2, 0.25) is 5.91 Å². The lowest BCUT2D eigenvalue weighted by molar-refractivity contribution is -0.123. The Morgan fingerprint density at radius 2 is 2.00 bits per heavy atom. The van der Waals surface area contributed by atoms with Crippen LogP contribution in [-0.4, -0.2) is 66.6 Å². The molecular weight excluding hydrogens is 292 g/mol. The van der Waals surface area contributed by atoms with Crippen LogP contribution in [0, 0.1) is 0 Å². The van der Waals surface area contributed by atoms with Gasteiger partial charge in [-0.25, -0.2) is 0 Å². The highest BCUT2D eigenvalue weighted by Crippen LogP contribution is 2.11. The van der Waals surface area contributed by atoms with Gasteiger partial charge in [0.15, 0.2) is 0 Å². The lowest BCUT2D eigenvalue weighted by Gasteiger charge is -2.34. The molecule has 1 aliphatic heterocycles. The maximum atomic E-state index is 11.9. The molecule has 0 saturated carbocycles. The van der Waals surface area contributed by atoms with Gasteiger partial charge in [0.25, 0.3) is 0 Å². The summed E-state index contributed by atoms with van der Waals surface area (Å²) in [5.74, 6) is 0.913. The molecule has 1 fully saturated rings. The predicted molar refractivity (Wildman–Crippen MR) is 90.4 cm³/mol. The average Bonchev–Trinajstić information content (AvgIpc) is 2.57. The number of amides is 1. The lowest BCUT2D eigenvalue weighted by Crippen LogP contribution is -2.49. The fourth-order valence-electron chi connectivity index (χ4n) is 2.59. The summed E-state index contributed by atoms with van der Waals surface area (Å²) in [5.41, 5.74) is 1.05. The van der Waals surface area contributed by atoms with Crippen molar-refractivity contribution >= 4 is 5.91 Å². The minimum Gasteiger partial charge on any atom is -0.495 e. The van der Waals surface area contributed by atoms with E-state index in [1.54, 1.807) is 13.3 Å². The molecule has 6 heteroatoms. The second kappa shape index (κ2) is 8.84. The molecule has 1 aliphatic rings. The van der Waals surface area contributed by atoms with Gasteiger partial charge in [0.05, 0.1) is 25.5 Å². The highest BCUT2D eigenvalue weighted by Gasteiger charge is 2.19. The summed E-state index contributed by atoms with van der Waals surface area (Å²) in [5, 5.41) is 3.02. The Balaban J connectivity index is 1.72. The van der Waals surface area contributed by atoms with E-state index in [-0.39, 0.29) is 11.9 Å². The van der Waals surface area contributed by atoms with Crippen molar-refractivity contribution in [2.45, 2.75) is 32.9 Å². The van der Waals surface area contributed by atoms with E-state index in [4.69, 9.17) is 4.74 Å². The van der Waals surface area contributed by atoms with E-state index in [9.17, 15) is 4.79 Å². The minimum absolute atomic E-state index is 0.129. The quantitative estimate of drug-likeness (QED) is 0.816. The molecule has 0 bridgehead atoms. The molecule has 1 amide bonds. The van der Waals surface area contributed by atoms with E-state index in [2.05, 4.69) is 27.0 Å². The zero-order chi connectivity index (χ0) is 16.7. The number of carbonyl (C=O) groups excluding carboxylic acids is 1. The molecule has 0 unspecified atom stereocenters. The second-order valence-corrected chi connectivity index (χ2v) is 6.12. The Labute approximate surface area is 138 Å². The van der Waals surface area contributed by atoms with Crippen molar-refractivity contribution in [2.24, 2.45) is 0 Å². The summed E-state index contributed by atoms with van der Waals surface area (Å²) >= 11 is 0. The van der Waals surface area contributed by atoms with Crippen LogP contribution in [0.3, 0.4) is 0 Å². The van der Waals surface area contributed by atoms with Crippen LogP contribution in [0.2, 0.25) is 0 Å². The van der Waals surface area contributed by atoms with Gasteiger partial charge in [0.1, 0.15) is 5.75 Å². The highest BCUT2D eigenvalue weighted by atomic mass is 16.5. The van der Waals surface area contributed by atoms with Crippen LogP contribution in [0.25, 0.3) is 0 Å². The number of methoxy groups -OCH3 is 1. The average molecular weight is 320 g/mol. The van der Waals surface area contributed by atoms with E-state index in [1.165, 1.54) is 0 Å². The normalized spacial score (nSPS) is 17.7. The molecule has 128 valence electrons. The van der Waals surface area contributed by atoms with E-state index in [1.807, 2.05) is 19.1 Å². The summed E-state index contributed by atoms with van der Waals surface area (Å²) in [4.78, 5) is 20.9. The van der Waals surface area contributed by atoms with Crippen LogP contribution < -0.4 is 10.1 Å². The first-order valence-electron chi connectivity index (χ1n) is 8.33. The van der Waals surface area contributed by atoms with Crippen molar-refractivity contribution in [1.29, 1.82) is 0 Å². The van der Waals surface area contributed by atoms with Crippen LogP contribution in [-0.2, 0) is 11.3 Å². The molecule has 1 aromatic heterocycles. The number of aromatic nitrogens is 1. The van der Waals surface area contributed by atoms with Crippen molar-refractivity contribution in [3.05, 3.63) is 24.0 Å². The van der Waals surface area contributed by atoms with Crippen molar-refractivity contribution in [3.63, 3.8) is 0 Å². The van der Waals surface area contributed by atoms with Gasteiger partial charge in [0, 0.05) is 38.8 Å². The Morgan fingerprint density at radius 3 is 2.57 bits per heavy atom. The first-order chi connectivity index (χ1) is 11.1. The number of nitrogens with zero attached hydrogens (tertiary/aromatic N) is 3. The SMILES string of the molecule is CC[C@H](C)NC(=O)CN1CCN(Cc2ccc(OC)cn2)CC1. The standard InChI is InChI=1S/C17H28N4O2/c1-4-14(2)19-17(22)13-21-9-7-20(8-10-21)12-15-5-6-16(23-3)11-18-15/h5-6,11,14H,4,7-10,12-13H2,1-3H3,(H,19,22)/t14-/m0/s1. The van der Waals surface area contributed by atoms with Crippen molar-refractivity contribution in [3.8, 4) is 5.75 Å². The fourth-order valence-corrected chi connectivity index (χ4v) is 2.59. The Kier molecular flexibility index (Phi) is 6.80. The Hall–Kier alpha value is -1.66. The topological polar surface area (TPSA) is 57.7 Å². The molecule has 1 saturated heterocycles. The number of rotatable bonds is 7. The van der Waals surface area contributed by atoms with Crippen LogP contribution in [0.1, 0.15) is 26.0 Å². The monoisotopic (exact) mass is 320 g/mol. The van der Waals surface area contributed by atoms with Crippen LogP contribution in [0.15, 0.2) is 18.3 Å². The summed E-state index contributed by atoms with van der Waals surface area (Å²) in [6.07, 6.45) is 2.72. The van der Waals surface area contributed by atoms with Gasteiger partial charge in [-0.3, -0.25) is 19.6 Å². The summed E-state index contributed by atoms with van der Waals surface area (Å²) in [6.45, 7) is 9.23. The smallest absolute Gasteiger partial charge is 0.234 e. The number of pyridine rings is 1. The predicted octanol–water partition coefficient (Wildman–Crippen LogP) is 1.12. The molecule has 2 heterocycles. The van der Waals surface area contributed by atoms with E-state index < -0.39 is 0 Å². The van der Waals surface area contributed by atoms with Gasteiger partial charge in [-0.2, -0.15) is 0 Å². The van der Waals surface area contributed by atoms with Gasteiger partial charge in [-0.1, -0.05) is 6.92 Å². The molecule has 6 nitrogen and oxygen atoms in total. The molecule has 1 N–H and O–H groups in total. The number of ether oxygens (including phenoxy) is 1. The number of nitrogens with one attached hydrogen (secondary N) is 1. The molecule has 2 rings (SSSR count). The fraction of sp³-hybridized carbons (Fsp3) is 0.647. The van der Waals surface area contributed by atoms with Gasteiger partial charge < -0.3 is 10.1 Å². The van der Waals surface area contributed by atoms with Crippen LogP contribution in [0.5, 0.6) is 5.75 Å². The number of piperazine rings is 1. The Bertz CT molecular complexity index is 484. The van der Waals surface area contributed by atoms with Crippen molar-refractivity contribution < 1.29 is 9.53 Å². The Morgan fingerprint density at radius 1 is 1.30 bits per heavy atom. The maximum Gasteiger partial charge on any atom is 0.234 e. The largest absolute Gasteiger partial charge is 0.495 e. The first-order valence-corrected chi connectivity index (χ1v) is 8.33. The molecular formula is C17H28N4O2. The summed E-state index contributed by atoms with van der Waals surface area (Å²) < 4.78 is 5.12. The zero-order valence-electron chi connectivity index (χ0n) is 14.4. The van der Waals surface area contributed by atoms with Crippen LogP contribution >= 0.6 is 0 Å². The number of hydrogen-bond acceptors (Lipinski definition) is 5.